The maximum atomic E-state index is 8.51. The fourth-order valence-corrected chi connectivity index (χ4v) is 1.30. The molecule has 0 bridgehead atoms. The number of nitriles is 1. The molecule has 2 heterocycles. The SMILES string of the molecule is Cc1nc(NC#N)cc(Nc2cc[nH]c2)n1. The van der Waals surface area contributed by atoms with Crippen molar-refractivity contribution in [1.29, 1.82) is 5.26 Å². The minimum atomic E-state index is 0.480. The van der Waals surface area contributed by atoms with E-state index in [0.717, 1.165) is 5.69 Å². The Morgan fingerprint density at radius 2 is 2.19 bits per heavy atom. The van der Waals surface area contributed by atoms with Gasteiger partial charge in [-0.3, -0.25) is 5.32 Å². The minimum absolute atomic E-state index is 0.480. The molecule has 3 N–H and O–H groups in total. The summed E-state index contributed by atoms with van der Waals surface area (Å²) in [6.07, 6.45) is 5.45. The van der Waals surface area contributed by atoms with E-state index in [-0.39, 0.29) is 0 Å². The molecule has 80 valence electrons. The smallest absolute Gasteiger partial charge is 0.182 e. The molecule has 16 heavy (non-hydrogen) atoms. The Morgan fingerprint density at radius 3 is 2.88 bits per heavy atom. The van der Waals surface area contributed by atoms with E-state index in [0.29, 0.717) is 17.5 Å². The van der Waals surface area contributed by atoms with Gasteiger partial charge < -0.3 is 10.3 Å². The van der Waals surface area contributed by atoms with E-state index >= 15 is 0 Å². The van der Waals surface area contributed by atoms with Gasteiger partial charge in [-0.15, -0.1) is 0 Å². The zero-order chi connectivity index (χ0) is 11.4. The fourth-order valence-electron chi connectivity index (χ4n) is 1.30. The topological polar surface area (TPSA) is 89.4 Å². The quantitative estimate of drug-likeness (QED) is 0.535. The first-order valence-corrected chi connectivity index (χ1v) is 4.68. The van der Waals surface area contributed by atoms with E-state index < -0.39 is 0 Å². The van der Waals surface area contributed by atoms with Gasteiger partial charge in [0.2, 0.25) is 0 Å². The summed E-state index contributed by atoms with van der Waals surface area (Å²) in [7, 11) is 0. The van der Waals surface area contributed by atoms with Crippen LogP contribution in [-0.2, 0) is 0 Å². The van der Waals surface area contributed by atoms with Crippen molar-refractivity contribution >= 4 is 17.3 Å². The molecular formula is C10H10N6. The summed E-state index contributed by atoms with van der Waals surface area (Å²) in [5.41, 5.74) is 0.904. The highest BCUT2D eigenvalue weighted by molar-refractivity contribution is 5.58. The monoisotopic (exact) mass is 214 g/mol. The number of nitrogens with zero attached hydrogens (tertiary/aromatic N) is 3. The van der Waals surface area contributed by atoms with Crippen LogP contribution in [-0.4, -0.2) is 15.0 Å². The molecule has 0 saturated heterocycles. The first-order chi connectivity index (χ1) is 7.78. The Morgan fingerprint density at radius 1 is 1.38 bits per heavy atom. The number of aromatic amines is 1. The lowest BCUT2D eigenvalue weighted by molar-refractivity contribution is 1.06. The zero-order valence-corrected chi connectivity index (χ0v) is 8.65. The summed E-state index contributed by atoms with van der Waals surface area (Å²) < 4.78 is 0. The Hall–Kier alpha value is -2.55. The van der Waals surface area contributed by atoms with Crippen LogP contribution in [0.5, 0.6) is 0 Å². The summed E-state index contributed by atoms with van der Waals surface area (Å²) in [6.45, 7) is 1.77. The van der Waals surface area contributed by atoms with E-state index in [1.165, 1.54) is 0 Å². The van der Waals surface area contributed by atoms with Crippen molar-refractivity contribution in [2.45, 2.75) is 6.92 Å². The Labute approximate surface area is 92.4 Å². The summed E-state index contributed by atoms with van der Waals surface area (Å²) in [5.74, 6) is 1.72. The first kappa shape index (κ1) is 9.98. The molecule has 2 aromatic rings. The van der Waals surface area contributed by atoms with Crippen molar-refractivity contribution in [2.24, 2.45) is 0 Å². The minimum Gasteiger partial charge on any atom is -0.366 e. The van der Waals surface area contributed by atoms with Crippen LogP contribution in [0.4, 0.5) is 17.3 Å². The maximum absolute atomic E-state index is 8.51. The molecule has 0 unspecified atom stereocenters. The van der Waals surface area contributed by atoms with E-state index in [4.69, 9.17) is 5.26 Å². The summed E-state index contributed by atoms with van der Waals surface area (Å²) >= 11 is 0. The van der Waals surface area contributed by atoms with Gasteiger partial charge in [0.15, 0.2) is 6.19 Å². The summed E-state index contributed by atoms with van der Waals surface area (Å²) in [4.78, 5) is 11.2. The molecule has 2 aromatic heterocycles. The number of hydrogen-bond donors (Lipinski definition) is 3. The van der Waals surface area contributed by atoms with Crippen molar-refractivity contribution in [3.8, 4) is 6.19 Å². The lowest BCUT2D eigenvalue weighted by Crippen LogP contribution is -2.00. The lowest BCUT2D eigenvalue weighted by atomic mass is 10.4. The Kier molecular flexibility index (Phi) is 2.69. The highest BCUT2D eigenvalue weighted by atomic mass is 15.1. The molecule has 0 saturated carbocycles. The van der Waals surface area contributed by atoms with Crippen LogP contribution >= 0.6 is 0 Å². The number of aryl methyl sites for hydroxylation is 1. The Balaban J connectivity index is 2.24. The van der Waals surface area contributed by atoms with E-state index in [1.807, 2.05) is 24.7 Å². The van der Waals surface area contributed by atoms with Gasteiger partial charge >= 0.3 is 0 Å². The van der Waals surface area contributed by atoms with Crippen LogP contribution < -0.4 is 10.6 Å². The van der Waals surface area contributed by atoms with Gasteiger partial charge in [-0.05, 0) is 13.0 Å². The van der Waals surface area contributed by atoms with Gasteiger partial charge in [-0.25, -0.2) is 9.97 Å². The second-order valence-electron chi connectivity index (χ2n) is 3.15. The molecule has 0 aliphatic rings. The third-order valence-corrected chi connectivity index (χ3v) is 1.89. The van der Waals surface area contributed by atoms with Gasteiger partial charge in [-0.2, -0.15) is 5.26 Å². The van der Waals surface area contributed by atoms with Crippen LogP contribution in [0, 0.1) is 18.4 Å². The number of aromatic nitrogens is 3. The highest BCUT2D eigenvalue weighted by Gasteiger charge is 2.01. The first-order valence-electron chi connectivity index (χ1n) is 4.68. The average molecular weight is 214 g/mol. The van der Waals surface area contributed by atoms with E-state index in [1.54, 1.807) is 13.0 Å². The van der Waals surface area contributed by atoms with Gasteiger partial charge in [-0.1, -0.05) is 0 Å². The fraction of sp³-hybridized carbons (Fsp3) is 0.100. The summed E-state index contributed by atoms with van der Waals surface area (Å²) in [5, 5.41) is 14.1. The molecule has 0 fully saturated rings. The van der Waals surface area contributed by atoms with E-state index in [2.05, 4.69) is 25.6 Å². The normalized spacial score (nSPS) is 9.50. The number of rotatable bonds is 3. The number of nitrogens with one attached hydrogen (secondary N) is 3. The van der Waals surface area contributed by atoms with Crippen molar-refractivity contribution in [3.05, 3.63) is 30.4 Å². The molecule has 0 atom stereocenters. The standard InChI is InChI=1S/C10H10N6/c1-7-14-9(13-6-11)4-10(15-7)16-8-2-3-12-5-8/h2-5,12H,1H3,(H2,13,14,15,16). The lowest BCUT2D eigenvalue weighted by Gasteiger charge is -2.05. The van der Waals surface area contributed by atoms with Crippen LogP contribution in [0.3, 0.4) is 0 Å². The van der Waals surface area contributed by atoms with Crippen LogP contribution in [0.15, 0.2) is 24.5 Å². The number of H-pyrrole nitrogens is 1. The van der Waals surface area contributed by atoms with E-state index in [9.17, 15) is 0 Å². The molecule has 2 rings (SSSR count). The van der Waals surface area contributed by atoms with Gasteiger partial charge in [0, 0.05) is 18.5 Å². The molecule has 0 spiro atoms. The predicted octanol–water partition coefficient (Wildman–Crippen LogP) is 1.75. The molecule has 6 nitrogen and oxygen atoms in total. The highest BCUT2D eigenvalue weighted by Crippen LogP contribution is 2.16. The molecule has 0 aromatic carbocycles. The van der Waals surface area contributed by atoms with Gasteiger partial charge in [0.1, 0.15) is 17.5 Å². The molecular weight excluding hydrogens is 204 g/mol. The number of hydrogen-bond acceptors (Lipinski definition) is 5. The van der Waals surface area contributed by atoms with Crippen LogP contribution in [0.2, 0.25) is 0 Å². The van der Waals surface area contributed by atoms with Crippen molar-refractivity contribution < 1.29 is 0 Å². The van der Waals surface area contributed by atoms with Crippen molar-refractivity contribution in [2.75, 3.05) is 10.6 Å². The molecule has 0 amide bonds. The van der Waals surface area contributed by atoms with Crippen molar-refractivity contribution in [1.82, 2.24) is 15.0 Å². The third kappa shape index (κ3) is 2.27. The maximum Gasteiger partial charge on any atom is 0.182 e. The second kappa shape index (κ2) is 4.31. The Bertz CT molecular complexity index is 511. The average Bonchev–Trinajstić information content (AvgIpc) is 2.70. The van der Waals surface area contributed by atoms with Crippen LogP contribution in [0.25, 0.3) is 0 Å². The molecule has 0 aliphatic heterocycles. The largest absolute Gasteiger partial charge is 0.366 e. The third-order valence-electron chi connectivity index (χ3n) is 1.89. The molecule has 0 aliphatic carbocycles. The predicted molar refractivity (Wildman–Crippen MR) is 60.1 cm³/mol. The second-order valence-corrected chi connectivity index (χ2v) is 3.15. The molecule has 0 radical (unpaired) electrons. The zero-order valence-electron chi connectivity index (χ0n) is 8.65. The van der Waals surface area contributed by atoms with Gasteiger partial charge in [0.05, 0.1) is 5.69 Å². The van der Waals surface area contributed by atoms with Gasteiger partial charge in [0.25, 0.3) is 0 Å². The number of anilines is 3. The van der Waals surface area contributed by atoms with Crippen molar-refractivity contribution in [3.63, 3.8) is 0 Å². The molecule has 6 heteroatoms. The van der Waals surface area contributed by atoms with Crippen LogP contribution in [0.1, 0.15) is 5.82 Å². The summed E-state index contributed by atoms with van der Waals surface area (Å²) in [6, 6.07) is 3.55.